The topological polar surface area (TPSA) is 67.9 Å². The van der Waals surface area contributed by atoms with E-state index < -0.39 is 11.8 Å². The molecule has 0 saturated carbocycles. The molecule has 0 aliphatic carbocycles. The van der Waals surface area contributed by atoms with Gasteiger partial charge in [-0.1, -0.05) is 11.6 Å². The van der Waals surface area contributed by atoms with Crippen LogP contribution in [-0.4, -0.2) is 24.3 Å². The second kappa shape index (κ2) is 6.91. The third-order valence-corrected chi connectivity index (χ3v) is 3.00. The predicted octanol–water partition coefficient (Wildman–Crippen LogP) is 3.62. The zero-order chi connectivity index (χ0) is 16.1. The van der Waals surface area contributed by atoms with Crippen LogP contribution in [0.4, 0.5) is 9.18 Å². The van der Waals surface area contributed by atoms with Crippen LogP contribution in [0, 0.1) is 5.82 Å². The van der Waals surface area contributed by atoms with E-state index in [1.54, 1.807) is 24.3 Å². The van der Waals surface area contributed by atoms with E-state index in [1.165, 1.54) is 31.5 Å². The average molecular weight is 322 g/mol. The Morgan fingerprint density at radius 2 is 2.00 bits per heavy atom. The first-order valence-corrected chi connectivity index (χ1v) is 6.63. The highest BCUT2D eigenvalue weighted by molar-refractivity contribution is 6.32. The highest BCUT2D eigenvalue weighted by Gasteiger charge is 2.04. The Balaban J connectivity index is 2.07. The van der Waals surface area contributed by atoms with Crippen molar-refractivity contribution < 1.29 is 13.9 Å². The first-order valence-electron chi connectivity index (χ1n) is 6.26. The lowest BCUT2D eigenvalue weighted by atomic mass is 10.2. The normalized spacial score (nSPS) is 10.7. The van der Waals surface area contributed by atoms with Crippen LogP contribution in [-0.2, 0) is 0 Å². The maximum atomic E-state index is 13.0. The highest BCUT2D eigenvalue weighted by atomic mass is 35.5. The molecule has 0 aromatic heterocycles. The number of rotatable bonds is 4. The van der Waals surface area contributed by atoms with Gasteiger partial charge in [0.05, 0.1) is 11.2 Å². The van der Waals surface area contributed by atoms with Crippen molar-refractivity contribution in [2.75, 3.05) is 7.05 Å². The molecule has 0 aliphatic rings. The molecule has 0 aliphatic heterocycles. The lowest BCUT2D eigenvalue weighted by Gasteiger charge is -2.08. The molecular weight excluding hydrogens is 309 g/mol. The molecule has 2 amide bonds. The molecule has 2 N–H and O–H groups in total. The van der Waals surface area contributed by atoms with Crippen LogP contribution in [0.25, 0.3) is 0 Å². The number of carbonyl (C=O) groups is 1. The number of halogens is 2. The van der Waals surface area contributed by atoms with Crippen molar-refractivity contribution in [3.05, 3.63) is 58.9 Å². The standard InChI is InChI=1S/C15H13ClFN3O2/c1-20(15(18)21)19-9-10-2-5-12(6-3-10)22-14-7-4-11(17)8-13(14)16/h2-9H,1H3,(H2,18,21). The monoisotopic (exact) mass is 321 g/mol. The third-order valence-electron chi connectivity index (χ3n) is 2.70. The van der Waals surface area contributed by atoms with Gasteiger partial charge in [-0.3, -0.25) is 0 Å². The van der Waals surface area contributed by atoms with Crippen molar-refractivity contribution in [2.24, 2.45) is 10.8 Å². The summed E-state index contributed by atoms with van der Waals surface area (Å²) >= 11 is 5.89. The third kappa shape index (κ3) is 4.20. The van der Waals surface area contributed by atoms with Gasteiger partial charge in [-0.15, -0.1) is 0 Å². The molecule has 0 unspecified atom stereocenters. The smallest absolute Gasteiger partial charge is 0.334 e. The van der Waals surface area contributed by atoms with E-state index in [0.29, 0.717) is 11.5 Å². The largest absolute Gasteiger partial charge is 0.456 e. The van der Waals surface area contributed by atoms with Crippen LogP contribution in [0.15, 0.2) is 47.6 Å². The number of primary amides is 1. The molecule has 0 radical (unpaired) electrons. The Labute approximate surface area is 131 Å². The van der Waals surface area contributed by atoms with Crippen LogP contribution in [0.5, 0.6) is 11.5 Å². The van der Waals surface area contributed by atoms with Gasteiger partial charge in [0, 0.05) is 7.05 Å². The molecule has 0 fully saturated rings. The molecule has 7 heteroatoms. The maximum Gasteiger partial charge on any atom is 0.334 e. The van der Waals surface area contributed by atoms with Crippen LogP contribution >= 0.6 is 11.6 Å². The van der Waals surface area contributed by atoms with Crippen molar-refractivity contribution in [1.29, 1.82) is 0 Å². The van der Waals surface area contributed by atoms with E-state index >= 15 is 0 Å². The molecule has 5 nitrogen and oxygen atoms in total. The van der Waals surface area contributed by atoms with Crippen molar-refractivity contribution >= 4 is 23.8 Å². The summed E-state index contributed by atoms with van der Waals surface area (Å²) in [5.41, 5.74) is 5.80. The first kappa shape index (κ1) is 15.8. The number of nitrogens with zero attached hydrogens (tertiary/aromatic N) is 2. The van der Waals surface area contributed by atoms with E-state index in [0.717, 1.165) is 10.6 Å². The van der Waals surface area contributed by atoms with Gasteiger partial charge in [0.1, 0.15) is 17.3 Å². The molecule has 0 atom stereocenters. The minimum absolute atomic E-state index is 0.189. The van der Waals surface area contributed by atoms with Gasteiger partial charge in [-0.25, -0.2) is 14.2 Å². The summed E-state index contributed by atoms with van der Waals surface area (Å²) in [5, 5.41) is 5.07. The molecule has 114 valence electrons. The van der Waals surface area contributed by atoms with Gasteiger partial charge in [-0.05, 0) is 48.0 Å². The minimum atomic E-state index is -0.651. The quantitative estimate of drug-likeness (QED) is 0.690. The fourth-order valence-corrected chi connectivity index (χ4v) is 1.72. The number of carbonyl (C=O) groups excluding carboxylic acids is 1. The number of hydrogen-bond donors (Lipinski definition) is 1. The summed E-state index contributed by atoms with van der Waals surface area (Å²) in [7, 11) is 1.45. The van der Waals surface area contributed by atoms with Crippen molar-refractivity contribution in [1.82, 2.24) is 5.01 Å². The Kier molecular flexibility index (Phi) is 4.95. The van der Waals surface area contributed by atoms with Gasteiger partial charge < -0.3 is 10.5 Å². The summed E-state index contributed by atoms with van der Waals surface area (Å²) in [4.78, 5) is 10.8. The number of hydrazone groups is 1. The van der Waals surface area contributed by atoms with Crippen LogP contribution in [0.1, 0.15) is 5.56 Å². The van der Waals surface area contributed by atoms with Gasteiger partial charge in [0.25, 0.3) is 0 Å². The predicted molar refractivity (Wildman–Crippen MR) is 82.9 cm³/mol. The SMILES string of the molecule is CN(N=Cc1ccc(Oc2ccc(F)cc2Cl)cc1)C(N)=O. The lowest BCUT2D eigenvalue weighted by Crippen LogP contribution is -2.27. The molecule has 2 rings (SSSR count). The molecule has 2 aromatic carbocycles. The second-order valence-electron chi connectivity index (χ2n) is 4.35. The molecule has 0 bridgehead atoms. The molecule has 0 spiro atoms. The zero-order valence-corrected chi connectivity index (χ0v) is 12.4. The number of hydrogen-bond acceptors (Lipinski definition) is 3. The highest BCUT2D eigenvalue weighted by Crippen LogP contribution is 2.29. The first-order chi connectivity index (χ1) is 10.5. The summed E-state index contributed by atoms with van der Waals surface area (Å²) in [6.45, 7) is 0. The summed E-state index contributed by atoms with van der Waals surface area (Å²) in [5.74, 6) is 0.467. The van der Waals surface area contributed by atoms with E-state index in [9.17, 15) is 9.18 Å². The number of nitrogens with two attached hydrogens (primary N) is 1. The van der Waals surface area contributed by atoms with Gasteiger partial charge >= 0.3 is 6.03 Å². The Morgan fingerprint density at radius 3 is 2.59 bits per heavy atom. The Morgan fingerprint density at radius 1 is 1.32 bits per heavy atom. The van der Waals surface area contributed by atoms with Crippen molar-refractivity contribution in [3.63, 3.8) is 0 Å². The molecule has 0 saturated heterocycles. The van der Waals surface area contributed by atoms with Gasteiger partial charge in [-0.2, -0.15) is 5.10 Å². The molecule has 0 heterocycles. The van der Waals surface area contributed by atoms with Crippen molar-refractivity contribution in [3.8, 4) is 11.5 Å². The Bertz CT molecular complexity index is 704. The van der Waals surface area contributed by atoms with E-state index in [1.807, 2.05) is 0 Å². The Hall–Kier alpha value is -2.60. The summed E-state index contributed by atoms with van der Waals surface area (Å²) in [6, 6.07) is 10.1. The number of urea groups is 1. The number of amides is 2. The lowest BCUT2D eigenvalue weighted by molar-refractivity contribution is 0.220. The van der Waals surface area contributed by atoms with E-state index in [2.05, 4.69) is 5.10 Å². The van der Waals surface area contributed by atoms with E-state index in [4.69, 9.17) is 22.1 Å². The molecular formula is C15H13ClFN3O2. The van der Waals surface area contributed by atoms with Crippen LogP contribution in [0.2, 0.25) is 5.02 Å². The fourth-order valence-electron chi connectivity index (χ4n) is 1.52. The minimum Gasteiger partial charge on any atom is -0.456 e. The summed E-state index contributed by atoms with van der Waals surface area (Å²) in [6.07, 6.45) is 1.49. The van der Waals surface area contributed by atoms with Crippen molar-refractivity contribution in [2.45, 2.75) is 0 Å². The second-order valence-corrected chi connectivity index (χ2v) is 4.76. The number of ether oxygens (including phenoxy) is 1. The zero-order valence-electron chi connectivity index (χ0n) is 11.7. The van der Waals surface area contributed by atoms with Crippen LogP contribution < -0.4 is 10.5 Å². The molecule has 2 aromatic rings. The van der Waals surface area contributed by atoms with Gasteiger partial charge in [0.15, 0.2) is 0 Å². The number of benzene rings is 2. The van der Waals surface area contributed by atoms with Gasteiger partial charge in [0.2, 0.25) is 0 Å². The van der Waals surface area contributed by atoms with Crippen LogP contribution in [0.3, 0.4) is 0 Å². The maximum absolute atomic E-state index is 13.0. The fraction of sp³-hybridized carbons (Fsp3) is 0.0667. The average Bonchev–Trinajstić information content (AvgIpc) is 2.49. The molecule has 22 heavy (non-hydrogen) atoms. The summed E-state index contributed by atoms with van der Waals surface area (Å²) < 4.78 is 18.5. The van der Waals surface area contributed by atoms with E-state index in [-0.39, 0.29) is 5.02 Å².